The van der Waals surface area contributed by atoms with Crippen LogP contribution in [0.15, 0.2) is 24.4 Å². The molecule has 0 saturated carbocycles. The molecule has 1 heterocycles. The number of rotatable bonds is 19. The fourth-order valence-electron chi connectivity index (χ4n) is 3.53. The van der Waals surface area contributed by atoms with E-state index in [4.69, 9.17) is 0 Å². The smallest absolute Gasteiger partial charge is 0.125 e. The molecule has 2 heteroatoms. The summed E-state index contributed by atoms with van der Waals surface area (Å²) in [6.45, 7) is 3.35. The van der Waals surface area contributed by atoms with Crippen molar-refractivity contribution in [2.45, 2.75) is 116 Å². The summed E-state index contributed by atoms with van der Waals surface area (Å²) in [5.41, 5.74) is 0. The van der Waals surface area contributed by atoms with Crippen LogP contribution in [0.5, 0.6) is 0 Å². The highest BCUT2D eigenvalue weighted by atomic mass is 15.0. The maximum absolute atomic E-state index is 4.28. The lowest BCUT2D eigenvalue weighted by atomic mass is 10.0. The molecule has 26 heavy (non-hydrogen) atoms. The molecule has 0 amide bonds. The number of aromatic nitrogens is 1. The summed E-state index contributed by atoms with van der Waals surface area (Å²) in [6, 6.07) is 6.03. The Kier molecular flexibility index (Phi) is 16.6. The number of hydrogen-bond acceptors (Lipinski definition) is 2. The van der Waals surface area contributed by atoms with Crippen LogP contribution < -0.4 is 5.32 Å². The van der Waals surface area contributed by atoms with Crippen molar-refractivity contribution in [2.24, 2.45) is 0 Å². The minimum atomic E-state index is 1.00. The van der Waals surface area contributed by atoms with Gasteiger partial charge in [-0.25, -0.2) is 4.98 Å². The second kappa shape index (κ2) is 18.7. The molecule has 0 radical (unpaired) electrons. The van der Waals surface area contributed by atoms with Crippen LogP contribution in [-0.2, 0) is 0 Å². The third kappa shape index (κ3) is 15.2. The molecule has 0 aromatic carbocycles. The van der Waals surface area contributed by atoms with Crippen molar-refractivity contribution < 1.29 is 0 Å². The van der Waals surface area contributed by atoms with Gasteiger partial charge in [0.05, 0.1) is 0 Å². The Hall–Kier alpha value is -1.05. The zero-order valence-corrected chi connectivity index (χ0v) is 17.5. The average molecular weight is 361 g/mol. The third-order valence-electron chi connectivity index (χ3n) is 5.25. The van der Waals surface area contributed by atoms with Crippen molar-refractivity contribution in [1.29, 1.82) is 0 Å². The lowest BCUT2D eigenvalue weighted by molar-refractivity contribution is 0.528. The van der Waals surface area contributed by atoms with Gasteiger partial charge in [0.2, 0.25) is 0 Å². The predicted octanol–water partition coefficient (Wildman–Crippen LogP) is 8.15. The van der Waals surface area contributed by atoms with Gasteiger partial charge < -0.3 is 5.32 Å². The zero-order valence-electron chi connectivity index (χ0n) is 17.5. The Morgan fingerprint density at radius 1 is 0.615 bits per heavy atom. The molecule has 2 nitrogen and oxygen atoms in total. The van der Waals surface area contributed by atoms with E-state index in [-0.39, 0.29) is 0 Å². The molecule has 1 aromatic heterocycles. The number of unbranched alkanes of at least 4 members (excludes halogenated alkanes) is 16. The second-order valence-corrected chi connectivity index (χ2v) is 7.80. The van der Waals surface area contributed by atoms with Gasteiger partial charge in [-0.1, -0.05) is 116 Å². The van der Waals surface area contributed by atoms with Crippen molar-refractivity contribution in [1.82, 2.24) is 4.98 Å². The summed E-state index contributed by atoms with van der Waals surface area (Å²) >= 11 is 0. The van der Waals surface area contributed by atoms with E-state index in [0.29, 0.717) is 0 Å². The van der Waals surface area contributed by atoms with Crippen LogP contribution in [0.3, 0.4) is 0 Å². The van der Waals surface area contributed by atoms with E-state index in [2.05, 4.69) is 17.2 Å². The molecule has 0 saturated heterocycles. The van der Waals surface area contributed by atoms with E-state index in [9.17, 15) is 0 Å². The first-order chi connectivity index (χ1) is 12.9. The average Bonchev–Trinajstić information content (AvgIpc) is 2.68. The minimum absolute atomic E-state index is 1.00. The van der Waals surface area contributed by atoms with Crippen molar-refractivity contribution in [3.8, 4) is 0 Å². The molecule has 0 unspecified atom stereocenters. The Morgan fingerprint density at radius 3 is 1.50 bits per heavy atom. The molecule has 0 fully saturated rings. The maximum atomic E-state index is 4.28. The summed E-state index contributed by atoms with van der Waals surface area (Å²) in [7, 11) is 0. The number of nitrogens with one attached hydrogen (secondary N) is 1. The molecule has 150 valence electrons. The Balaban J connectivity index is 1.68. The quantitative estimate of drug-likeness (QED) is 0.252. The van der Waals surface area contributed by atoms with E-state index in [0.717, 1.165) is 12.4 Å². The third-order valence-corrected chi connectivity index (χ3v) is 5.25. The maximum Gasteiger partial charge on any atom is 0.125 e. The Morgan fingerprint density at radius 2 is 1.08 bits per heavy atom. The van der Waals surface area contributed by atoms with Crippen molar-refractivity contribution in [3.05, 3.63) is 24.4 Å². The fraction of sp³-hybridized carbons (Fsp3) is 0.792. The van der Waals surface area contributed by atoms with Crippen LogP contribution in [0, 0.1) is 0 Å². The van der Waals surface area contributed by atoms with Gasteiger partial charge in [-0.2, -0.15) is 0 Å². The highest BCUT2D eigenvalue weighted by Crippen LogP contribution is 2.14. The van der Waals surface area contributed by atoms with Crippen molar-refractivity contribution >= 4 is 5.82 Å². The fourth-order valence-corrected chi connectivity index (χ4v) is 3.53. The SMILES string of the molecule is CCCCCCCCCCCCCCCCCCCNc1ccccn1. The second-order valence-electron chi connectivity index (χ2n) is 7.80. The van der Waals surface area contributed by atoms with Gasteiger partial charge in [0.15, 0.2) is 0 Å². The van der Waals surface area contributed by atoms with Crippen LogP contribution in [-0.4, -0.2) is 11.5 Å². The molecule has 1 N–H and O–H groups in total. The van der Waals surface area contributed by atoms with Crippen LogP contribution in [0.2, 0.25) is 0 Å². The summed E-state index contributed by atoms with van der Waals surface area (Å²) in [4.78, 5) is 4.28. The van der Waals surface area contributed by atoms with Gasteiger partial charge in [0.25, 0.3) is 0 Å². The minimum Gasteiger partial charge on any atom is -0.370 e. The van der Waals surface area contributed by atoms with Crippen LogP contribution in [0.25, 0.3) is 0 Å². The van der Waals surface area contributed by atoms with Gasteiger partial charge in [-0.15, -0.1) is 0 Å². The number of anilines is 1. The first kappa shape index (κ1) is 23.0. The first-order valence-electron chi connectivity index (χ1n) is 11.6. The van der Waals surface area contributed by atoms with Gasteiger partial charge in [-0.05, 0) is 18.6 Å². The predicted molar refractivity (Wildman–Crippen MR) is 117 cm³/mol. The summed E-state index contributed by atoms with van der Waals surface area (Å²) < 4.78 is 0. The van der Waals surface area contributed by atoms with E-state index < -0.39 is 0 Å². The van der Waals surface area contributed by atoms with E-state index in [1.165, 1.54) is 109 Å². The first-order valence-corrected chi connectivity index (χ1v) is 11.6. The molecule has 0 aliphatic carbocycles. The van der Waals surface area contributed by atoms with E-state index >= 15 is 0 Å². The van der Waals surface area contributed by atoms with Gasteiger partial charge in [0.1, 0.15) is 5.82 Å². The van der Waals surface area contributed by atoms with Gasteiger partial charge in [0, 0.05) is 12.7 Å². The standard InChI is InChI=1S/C24H44N2/c1-2-3-4-5-6-7-8-9-10-11-12-13-14-15-16-17-19-22-25-24-21-18-20-23-26-24/h18,20-21,23H,2-17,19,22H2,1H3,(H,25,26). The molecule has 0 atom stereocenters. The van der Waals surface area contributed by atoms with Gasteiger partial charge in [-0.3, -0.25) is 0 Å². The van der Waals surface area contributed by atoms with Crippen molar-refractivity contribution in [2.75, 3.05) is 11.9 Å². The molecule has 0 bridgehead atoms. The molecule has 0 aliphatic rings. The Bertz CT molecular complexity index is 377. The highest BCUT2D eigenvalue weighted by Gasteiger charge is 1.95. The Labute approximate surface area is 163 Å². The lowest BCUT2D eigenvalue weighted by Crippen LogP contribution is -2.02. The normalized spacial score (nSPS) is 11.0. The highest BCUT2D eigenvalue weighted by molar-refractivity contribution is 5.32. The molecular weight excluding hydrogens is 316 g/mol. The van der Waals surface area contributed by atoms with Crippen LogP contribution in [0.1, 0.15) is 116 Å². The largest absolute Gasteiger partial charge is 0.370 e. The molecule has 1 rings (SSSR count). The van der Waals surface area contributed by atoms with Crippen LogP contribution >= 0.6 is 0 Å². The van der Waals surface area contributed by atoms with Gasteiger partial charge >= 0.3 is 0 Å². The number of hydrogen-bond donors (Lipinski definition) is 1. The zero-order chi connectivity index (χ0) is 18.5. The molecular formula is C24H44N2. The topological polar surface area (TPSA) is 24.9 Å². The molecule has 0 spiro atoms. The summed E-state index contributed by atoms with van der Waals surface area (Å²) in [5, 5.41) is 3.39. The monoisotopic (exact) mass is 360 g/mol. The number of nitrogens with zero attached hydrogens (tertiary/aromatic N) is 1. The summed E-state index contributed by atoms with van der Waals surface area (Å²) in [6.07, 6.45) is 26.1. The lowest BCUT2D eigenvalue weighted by Gasteiger charge is -2.05. The molecule has 0 aliphatic heterocycles. The number of pyridine rings is 1. The van der Waals surface area contributed by atoms with E-state index in [1.807, 2.05) is 24.4 Å². The van der Waals surface area contributed by atoms with Crippen molar-refractivity contribution in [3.63, 3.8) is 0 Å². The molecule has 1 aromatic rings. The summed E-state index contributed by atoms with van der Waals surface area (Å²) in [5.74, 6) is 1.00. The van der Waals surface area contributed by atoms with Crippen LogP contribution in [0.4, 0.5) is 5.82 Å². The van der Waals surface area contributed by atoms with E-state index in [1.54, 1.807) is 0 Å².